The molecule has 1 fully saturated rings. The summed E-state index contributed by atoms with van der Waals surface area (Å²) in [6.45, 7) is 1.98. The van der Waals surface area contributed by atoms with Crippen LogP contribution in [0.4, 0.5) is 0 Å². The Hall–Kier alpha value is -1.77. The number of amides is 1. The topological polar surface area (TPSA) is 42.2 Å². The number of hydrogen-bond acceptors (Lipinski definition) is 2. The average Bonchev–Trinajstić information content (AvgIpc) is 3.06. The van der Waals surface area contributed by atoms with Gasteiger partial charge in [0.1, 0.15) is 11.3 Å². The zero-order chi connectivity index (χ0) is 13.9. The Morgan fingerprint density at radius 1 is 1.35 bits per heavy atom. The standard InChI is InChI=1S/C17H21NO2/c1-12(18-17(19)10-13-6-2-3-7-13)16-11-14-8-4-5-9-15(14)20-16/h4-5,8-9,11-13H,2-3,6-7,10H2,1H3,(H,18,19)/t12-/m0/s1. The molecule has 1 heterocycles. The van der Waals surface area contributed by atoms with Crippen LogP contribution in [0.15, 0.2) is 34.7 Å². The van der Waals surface area contributed by atoms with Gasteiger partial charge in [-0.3, -0.25) is 4.79 Å². The summed E-state index contributed by atoms with van der Waals surface area (Å²) in [6, 6.07) is 9.86. The molecule has 3 nitrogen and oxygen atoms in total. The fourth-order valence-electron chi connectivity index (χ4n) is 3.06. The third-order valence-electron chi connectivity index (χ3n) is 4.20. The molecule has 106 valence electrons. The van der Waals surface area contributed by atoms with Gasteiger partial charge >= 0.3 is 0 Å². The van der Waals surface area contributed by atoms with Crippen molar-refractivity contribution in [3.63, 3.8) is 0 Å². The van der Waals surface area contributed by atoms with E-state index in [1.54, 1.807) is 0 Å². The summed E-state index contributed by atoms with van der Waals surface area (Å²) in [5.41, 5.74) is 0.874. The number of carbonyl (C=O) groups excluding carboxylic acids is 1. The minimum Gasteiger partial charge on any atom is -0.459 e. The Morgan fingerprint density at radius 2 is 2.10 bits per heavy atom. The van der Waals surface area contributed by atoms with Crippen LogP contribution in [0.3, 0.4) is 0 Å². The zero-order valence-electron chi connectivity index (χ0n) is 11.9. The fourth-order valence-corrected chi connectivity index (χ4v) is 3.06. The van der Waals surface area contributed by atoms with Crippen molar-refractivity contribution < 1.29 is 9.21 Å². The Balaban J connectivity index is 1.62. The maximum absolute atomic E-state index is 12.0. The molecule has 1 aliphatic carbocycles. The van der Waals surface area contributed by atoms with E-state index >= 15 is 0 Å². The molecule has 0 bridgehead atoms. The molecule has 20 heavy (non-hydrogen) atoms. The molecule has 0 spiro atoms. The smallest absolute Gasteiger partial charge is 0.220 e. The number of carbonyl (C=O) groups is 1. The number of hydrogen-bond donors (Lipinski definition) is 1. The van der Waals surface area contributed by atoms with Gasteiger partial charge in [0, 0.05) is 11.8 Å². The van der Waals surface area contributed by atoms with E-state index in [-0.39, 0.29) is 11.9 Å². The largest absolute Gasteiger partial charge is 0.459 e. The van der Waals surface area contributed by atoms with Crippen LogP contribution in [-0.2, 0) is 4.79 Å². The van der Waals surface area contributed by atoms with Crippen LogP contribution in [-0.4, -0.2) is 5.91 Å². The number of benzene rings is 1. The van der Waals surface area contributed by atoms with Crippen molar-refractivity contribution in [1.82, 2.24) is 5.32 Å². The predicted octanol–water partition coefficient (Wildman–Crippen LogP) is 4.19. The lowest BCUT2D eigenvalue weighted by atomic mass is 10.0. The predicted molar refractivity (Wildman–Crippen MR) is 79.3 cm³/mol. The molecule has 0 unspecified atom stereocenters. The highest BCUT2D eigenvalue weighted by atomic mass is 16.3. The molecular formula is C17H21NO2. The van der Waals surface area contributed by atoms with E-state index in [1.165, 1.54) is 25.7 Å². The van der Waals surface area contributed by atoms with Crippen molar-refractivity contribution >= 4 is 16.9 Å². The number of furan rings is 1. The highest BCUT2D eigenvalue weighted by Crippen LogP contribution is 2.28. The van der Waals surface area contributed by atoms with Gasteiger partial charge in [0.05, 0.1) is 6.04 Å². The van der Waals surface area contributed by atoms with E-state index in [9.17, 15) is 4.79 Å². The summed E-state index contributed by atoms with van der Waals surface area (Å²) in [7, 11) is 0. The van der Waals surface area contributed by atoms with E-state index in [1.807, 2.05) is 37.3 Å². The summed E-state index contributed by atoms with van der Waals surface area (Å²) in [5, 5.41) is 4.13. The molecule has 0 radical (unpaired) electrons. The first-order valence-electron chi connectivity index (χ1n) is 7.50. The van der Waals surface area contributed by atoms with Gasteiger partial charge in [0.25, 0.3) is 0 Å². The van der Waals surface area contributed by atoms with Gasteiger partial charge in [0.15, 0.2) is 0 Å². The minimum absolute atomic E-state index is 0.0729. The van der Waals surface area contributed by atoms with Gasteiger partial charge in [-0.25, -0.2) is 0 Å². The number of rotatable bonds is 4. The van der Waals surface area contributed by atoms with E-state index in [0.29, 0.717) is 12.3 Å². The Kier molecular flexibility index (Phi) is 3.77. The second kappa shape index (κ2) is 5.70. The highest BCUT2D eigenvalue weighted by molar-refractivity contribution is 5.79. The molecule has 1 saturated carbocycles. The number of para-hydroxylation sites is 1. The monoisotopic (exact) mass is 271 g/mol. The van der Waals surface area contributed by atoms with E-state index in [2.05, 4.69) is 5.32 Å². The van der Waals surface area contributed by atoms with Crippen LogP contribution in [0.5, 0.6) is 0 Å². The van der Waals surface area contributed by atoms with Gasteiger partial charge in [-0.1, -0.05) is 31.0 Å². The van der Waals surface area contributed by atoms with Crippen LogP contribution in [0, 0.1) is 5.92 Å². The summed E-state index contributed by atoms with van der Waals surface area (Å²) in [4.78, 5) is 12.0. The second-order valence-corrected chi connectivity index (χ2v) is 5.83. The molecule has 1 N–H and O–H groups in total. The van der Waals surface area contributed by atoms with E-state index in [4.69, 9.17) is 4.42 Å². The van der Waals surface area contributed by atoms with Crippen molar-refractivity contribution in [1.29, 1.82) is 0 Å². The summed E-state index contributed by atoms with van der Waals surface area (Å²) in [6.07, 6.45) is 5.61. The van der Waals surface area contributed by atoms with Crippen molar-refractivity contribution in [2.24, 2.45) is 5.92 Å². The molecule has 3 heteroatoms. The number of fused-ring (bicyclic) bond motifs is 1. The van der Waals surface area contributed by atoms with Gasteiger partial charge in [-0.05, 0) is 37.8 Å². The quantitative estimate of drug-likeness (QED) is 0.906. The maximum atomic E-state index is 12.0. The van der Waals surface area contributed by atoms with E-state index in [0.717, 1.165) is 16.7 Å². The molecule has 1 aromatic heterocycles. The molecule has 0 saturated heterocycles. The maximum Gasteiger partial charge on any atom is 0.220 e. The molecule has 3 rings (SSSR count). The lowest BCUT2D eigenvalue weighted by Crippen LogP contribution is -2.27. The summed E-state index contributed by atoms with van der Waals surface area (Å²) >= 11 is 0. The summed E-state index contributed by atoms with van der Waals surface area (Å²) < 4.78 is 5.79. The molecular weight excluding hydrogens is 250 g/mol. The Morgan fingerprint density at radius 3 is 2.85 bits per heavy atom. The van der Waals surface area contributed by atoms with Crippen LogP contribution in [0.1, 0.15) is 50.8 Å². The van der Waals surface area contributed by atoms with Gasteiger partial charge in [0.2, 0.25) is 5.91 Å². The third kappa shape index (κ3) is 2.87. The second-order valence-electron chi connectivity index (χ2n) is 5.83. The molecule has 1 aliphatic rings. The first-order valence-corrected chi connectivity index (χ1v) is 7.50. The van der Waals surface area contributed by atoms with Crippen LogP contribution in [0.2, 0.25) is 0 Å². The lowest BCUT2D eigenvalue weighted by molar-refractivity contribution is -0.122. The third-order valence-corrected chi connectivity index (χ3v) is 4.20. The number of nitrogens with one attached hydrogen (secondary N) is 1. The summed E-state index contributed by atoms with van der Waals surface area (Å²) in [5.74, 6) is 1.55. The van der Waals surface area contributed by atoms with Gasteiger partial charge < -0.3 is 9.73 Å². The van der Waals surface area contributed by atoms with Gasteiger partial charge in [-0.15, -0.1) is 0 Å². The van der Waals surface area contributed by atoms with Crippen LogP contribution in [0.25, 0.3) is 11.0 Å². The SMILES string of the molecule is C[C@H](NC(=O)CC1CCCC1)c1cc2ccccc2o1. The van der Waals surface area contributed by atoms with Crippen molar-refractivity contribution in [2.75, 3.05) is 0 Å². The molecule has 2 aromatic rings. The Labute approximate surface area is 119 Å². The van der Waals surface area contributed by atoms with Crippen molar-refractivity contribution in [3.05, 3.63) is 36.1 Å². The molecule has 1 amide bonds. The average molecular weight is 271 g/mol. The van der Waals surface area contributed by atoms with Crippen molar-refractivity contribution in [3.8, 4) is 0 Å². The van der Waals surface area contributed by atoms with Crippen molar-refractivity contribution in [2.45, 2.75) is 45.1 Å². The molecule has 1 aromatic carbocycles. The van der Waals surface area contributed by atoms with Crippen LogP contribution >= 0.6 is 0 Å². The van der Waals surface area contributed by atoms with Crippen LogP contribution < -0.4 is 5.32 Å². The Bertz CT molecular complexity index is 563. The normalized spacial score (nSPS) is 17.4. The molecule has 0 aliphatic heterocycles. The van der Waals surface area contributed by atoms with Gasteiger partial charge in [-0.2, -0.15) is 0 Å². The first kappa shape index (κ1) is 13.2. The van der Waals surface area contributed by atoms with E-state index < -0.39 is 0 Å². The minimum atomic E-state index is -0.0729. The first-order chi connectivity index (χ1) is 9.72. The fraction of sp³-hybridized carbons (Fsp3) is 0.471. The lowest BCUT2D eigenvalue weighted by Gasteiger charge is -2.13. The molecule has 1 atom stereocenters. The highest BCUT2D eigenvalue weighted by Gasteiger charge is 2.20. The zero-order valence-corrected chi connectivity index (χ0v) is 11.9.